The topological polar surface area (TPSA) is 72.5 Å². The van der Waals surface area contributed by atoms with Crippen molar-refractivity contribution >= 4 is 22.1 Å². The Labute approximate surface area is 98.0 Å². The number of aryl methyl sites for hydroxylation is 1. The summed E-state index contributed by atoms with van der Waals surface area (Å²) in [4.78, 5) is 11.7. The number of nitrogens with zero attached hydrogens (tertiary/aromatic N) is 3. The zero-order chi connectivity index (χ0) is 11.8. The van der Waals surface area contributed by atoms with Gasteiger partial charge in [-0.3, -0.25) is 0 Å². The van der Waals surface area contributed by atoms with Gasteiger partial charge in [0.1, 0.15) is 11.2 Å². The Balaban J connectivity index is 2.17. The molecule has 5 heteroatoms. The van der Waals surface area contributed by atoms with Crippen molar-refractivity contribution in [2.24, 2.45) is 5.73 Å². The van der Waals surface area contributed by atoms with E-state index in [2.05, 4.69) is 26.1 Å². The van der Waals surface area contributed by atoms with Gasteiger partial charge >= 0.3 is 0 Å². The number of H-pyrrole nitrogens is 1. The molecule has 0 saturated heterocycles. The van der Waals surface area contributed by atoms with E-state index in [0.717, 1.165) is 35.0 Å². The van der Waals surface area contributed by atoms with E-state index < -0.39 is 0 Å². The summed E-state index contributed by atoms with van der Waals surface area (Å²) in [6.45, 7) is 4.50. The molecular formula is C12H13N5. The fraction of sp³-hybridized carbons (Fsp3) is 0.167. The van der Waals surface area contributed by atoms with E-state index >= 15 is 0 Å². The lowest BCUT2D eigenvalue weighted by Crippen LogP contribution is -2.02. The lowest BCUT2D eigenvalue weighted by molar-refractivity contribution is 0.709. The van der Waals surface area contributed by atoms with Crippen LogP contribution in [-0.4, -0.2) is 19.5 Å². The van der Waals surface area contributed by atoms with Crippen molar-refractivity contribution in [3.63, 3.8) is 0 Å². The van der Waals surface area contributed by atoms with Gasteiger partial charge < -0.3 is 15.3 Å². The molecule has 0 aromatic carbocycles. The normalized spacial score (nSPS) is 11.3. The fourth-order valence-corrected chi connectivity index (χ4v) is 2.00. The van der Waals surface area contributed by atoms with Gasteiger partial charge in [0.05, 0.1) is 18.0 Å². The van der Waals surface area contributed by atoms with Crippen molar-refractivity contribution in [1.82, 2.24) is 19.5 Å². The third kappa shape index (κ3) is 1.56. The minimum atomic E-state index is 0.686. The zero-order valence-electron chi connectivity index (χ0n) is 9.35. The highest BCUT2D eigenvalue weighted by molar-refractivity contribution is 6.00. The summed E-state index contributed by atoms with van der Waals surface area (Å²) in [5.74, 6) is 0. The lowest BCUT2D eigenvalue weighted by Gasteiger charge is -2.04. The number of nitrogens with two attached hydrogens (primary N) is 1. The number of rotatable bonds is 3. The number of nitrogens with one attached hydrogen (secondary N) is 1. The molecular weight excluding hydrogens is 214 g/mol. The molecule has 0 aliphatic heterocycles. The van der Waals surface area contributed by atoms with Crippen LogP contribution in [0.2, 0.25) is 0 Å². The third-order valence-electron chi connectivity index (χ3n) is 2.84. The Bertz CT molecular complexity index is 691. The summed E-state index contributed by atoms with van der Waals surface area (Å²) < 4.78 is 2.09. The Morgan fingerprint density at radius 3 is 3.18 bits per heavy atom. The average Bonchev–Trinajstić information content (AvgIpc) is 2.91. The maximum atomic E-state index is 5.60. The maximum Gasteiger partial charge on any atom is 0.139 e. The first-order valence-corrected chi connectivity index (χ1v) is 5.46. The molecule has 5 nitrogen and oxygen atoms in total. The molecule has 0 fully saturated rings. The first-order valence-electron chi connectivity index (χ1n) is 5.46. The number of pyridine rings is 1. The molecule has 0 radical (unpaired) electrons. The van der Waals surface area contributed by atoms with E-state index in [9.17, 15) is 0 Å². The van der Waals surface area contributed by atoms with Crippen LogP contribution in [0.1, 0.15) is 6.42 Å². The van der Waals surface area contributed by atoms with Crippen molar-refractivity contribution in [2.45, 2.75) is 13.0 Å². The van der Waals surface area contributed by atoms with Crippen molar-refractivity contribution in [1.29, 1.82) is 0 Å². The number of aromatic nitrogens is 4. The number of hydrogen-bond acceptors (Lipinski definition) is 3. The fourth-order valence-electron chi connectivity index (χ4n) is 2.00. The van der Waals surface area contributed by atoms with Crippen LogP contribution in [0.5, 0.6) is 0 Å². The van der Waals surface area contributed by atoms with Crippen LogP contribution in [-0.2, 0) is 6.54 Å². The van der Waals surface area contributed by atoms with Crippen LogP contribution in [0.25, 0.3) is 22.1 Å². The molecule has 3 aromatic heterocycles. The van der Waals surface area contributed by atoms with Crippen LogP contribution in [0.3, 0.4) is 0 Å². The van der Waals surface area contributed by atoms with Crippen LogP contribution in [0.15, 0.2) is 37.1 Å². The van der Waals surface area contributed by atoms with E-state index in [-0.39, 0.29) is 0 Å². The van der Waals surface area contributed by atoms with E-state index in [0.29, 0.717) is 5.70 Å². The zero-order valence-corrected chi connectivity index (χ0v) is 9.35. The molecule has 86 valence electrons. The summed E-state index contributed by atoms with van der Waals surface area (Å²) >= 11 is 0. The molecule has 0 unspecified atom stereocenters. The van der Waals surface area contributed by atoms with Gasteiger partial charge in [0.2, 0.25) is 0 Å². The summed E-state index contributed by atoms with van der Waals surface area (Å²) in [6, 6.07) is 2.01. The molecule has 0 spiro atoms. The highest BCUT2D eigenvalue weighted by Crippen LogP contribution is 2.22. The van der Waals surface area contributed by atoms with Crippen LogP contribution in [0.4, 0.5) is 0 Å². The second-order valence-electron chi connectivity index (χ2n) is 4.08. The average molecular weight is 227 g/mol. The first kappa shape index (κ1) is 9.89. The predicted octanol–water partition coefficient (Wildman–Crippen LogP) is 1.78. The molecule has 3 aromatic rings. The van der Waals surface area contributed by atoms with Gasteiger partial charge in [0, 0.05) is 30.2 Å². The molecule has 3 rings (SSSR count). The number of fused-ring (bicyclic) bond motifs is 3. The van der Waals surface area contributed by atoms with Crippen molar-refractivity contribution < 1.29 is 0 Å². The van der Waals surface area contributed by atoms with Crippen molar-refractivity contribution in [2.75, 3.05) is 0 Å². The number of hydrogen-bond donors (Lipinski definition) is 2. The van der Waals surface area contributed by atoms with E-state index in [1.165, 1.54) is 0 Å². The van der Waals surface area contributed by atoms with Crippen molar-refractivity contribution in [3.05, 3.63) is 37.1 Å². The summed E-state index contributed by atoms with van der Waals surface area (Å²) in [6.07, 6.45) is 6.24. The quantitative estimate of drug-likeness (QED) is 0.716. The monoisotopic (exact) mass is 227 g/mol. The van der Waals surface area contributed by atoms with Gasteiger partial charge in [-0.25, -0.2) is 9.97 Å². The second-order valence-corrected chi connectivity index (χ2v) is 4.08. The Morgan fingerprint density at radius 1 is 1.47 bits per heavy atom. The van der Waals surface area contributed by atoms with Crippen molar-refractivity contribution in [3.8, 4) is 0 Å². The molecule has 0 saturated carbocycles. The minimum absolute atomic E-state index is 0.686. The van der Waals surface area contributed by atoms with E-state index in [4.69, 9.17) is 5.73 Å². The molecule has 0 aliphatic carbocycles. The summed E-state index contributed by atoms with van der Waals surface area (Å²) in [5, 5.41) is 1.09. The van der Waals surface area contributed by atoms with Crippen LogP contribution in [0, 0.1) is 0 Å². The predicted molar refractivity (Wildman–Crippen MR) is 67.3 cm³/mol. The van der Waals surface area contributed by atoms with Gasteiger partial charge in [-0.1, -0.05) is 6.58 Å². The van der Waals surface area contributed by atoms with Gasteiger partial charge in [-0.05, 0) is 6.07 Å². The van der Waals surface area contributed by atoms with Gasteiger partial charge in [-0.15, -0.1) is 0 Å². The molecule has 17 heavy (non-hydrogen) atoms. The molecule has 0 aliphatic rings. The minimum Gasteiger partial charge on any atom is -0.402 e. The second kappa shape index (κ2) is 3.62. The number of aromatic amines is 1. The smallest absolute Gasteiger partial charge is 0.139 e. The largest absolute Gasteiger partial charge is 0.402 e. The Hall–Kier alpha value is -2.30. The highest BCUT2D eigenvalue weighted by Gasteiger charge is 2.08. The van der Waals surface area contributed by atoms with Crippen LogP contribution >= 0.6 is 0 Å². The van der Waals surface area contributed by atoms with E-state index in [1.54, 1.807) is 6.20 Å². The summed E-state index contributed by atoms with van der Waals surface area (Å²) in [5.41, 5.74) is 9.16. The van der Waals surface area contributed by atoms with Gasteiger partial charge in [0.15, 0.2) is 0 Å². The molecule has 0 atom stereocenters. The summed E-state index contributed by atoms with van der Waals surface area (Å²) in [7, 11) is 0. The molecule has 0 amide bonds. The lowest BCUT2D eigenvalue weighted by atomic mass is 10.3. The standard InChI is InChI=1S/C12H13N5/c1-8(13)3-5-17-7-16-10-6-15-12-9(11(10)17)2-4-14-12/h2,4,6-7H,1,3,5,13H2,(H,14,15). The highest BCUT2D eigenvalue weighted by atomic mass is 15.1. The maximum absolute atomic E-state index is 5.60. The van der Waals surface area contributed by atoms with E-state index in [1.807, 2.05) is 18.6 Å². The van der Waals surface area contributed by atoms with Gasteiger partial charge in [-0.2, -0.15) is 0 Å². The first-order chi connectivity index (χ1) is 8.25. The SMILES string of the molecule is C=C(N)CCn1cnc2cnc3[nH]ccc3c21. The Kier molecular flexibility index (Phi) is 2.11. The van der Waals surface area contributed by atoms with Gasteiger partial charge in [0.25, 0.3) is 0 Å². The van der Waals surface area contributed by atoms with Crippen LogP contribution < -0.4 is 5.73 Å². The number of allylic oxidation sites excluding steroid dienone is 1. The molecule has 3 N–H and O–H groups in total. The number of imidazole rings is 1. The molecule has 3 heterocycles. The molecule has 0 bridgehead atoms. The third-order valence-corrected chi connectivity index (χ3v) is 2.84. The Morgan fingerprint density at radius 2 is 2.35 bits per heavy atom.